The molecule has 0 saturated carbocycles. The van der Waals surface area contributed by atoms with Crippen LogP contribution in [-0.4, -0.2) is 122 Å². The van der Waals surface area contributed by atoms with Crippen molar-refractivity contribution in [1.29, 1.82) is 0 Å². The van der Waals surface area contributed by atoms with Crippen LogP contribution < -0.4 is 9.47 Å². The van der Waals surface area contributed by atoms with E-state index in [0.717, 1.165) is 48.7 Å². The van der Waals surface area contributed by atoms with Crippen LogP contribution in [0, 0.1) is 11.3 Å². The van der Waals surface area contributed by atoms with Crippen molar-refractivity contribution in [3.63, 3.8) is 0 Å². The molecule has 2 fully saturated rings. The summed E-state index contributed by atoms with van der Waals surface area (Å²) in [5.41, 5.74) is 0.483. The van der Waals surface area contributed by atoms with Gasteiger partial charge in [-0.05, 0) is 49.8 Å². The molecule has 0 spiro atoms. The van der Waals surface area contributed by atoms with Crippen LogP contribution in [0.5, 0.6) is 11.5 Å². The second-order valence-corrected chi connectivity index (χ2v) is 14.3. The number of carboxylic acid groups (broad SMARTS) is 1. The van der Waals surface area contributed by atoms with Crippen LogP contribution in [0.2, 0.25) is 0 Å². The fourth-order valence-electron chi connectivity index (χ4n) is 6.76. The van der Waals surface area contributed by atoms with Crippen LogP contribution in [0.4, 0.5) is 0 Å². The summed E-state index contributed by atoms with van der Waals surface area (Å²) in [6, 6.07) is 5.27. The average molecular weight is 602 g/mol. The van der Waals surface area contributed by atoms with Crippen LogP contribution >= 0.6 is 0 Å². The molecule has 0 radical (unpaired) electrons. The minimum atomic E-state index is -0.876. The standard InChI is InChI=1S/C33H52N4O6/c1-7-8-15-34(16-9-10-19-37(4,5)6)29(38)22-36-21-25(24-11-12-27-28(20-24)43-23-42-27)30(31(39)40)26(36)13-17-35-18-14-33(2,3)32(35)41/h11-12,20,25-26,30H,7-10,13-19,21-23H2,1-6H3/p+1. The minimum Gasteiger partial charge on any atom is -0.481 e. The third kappa shape index (κ3) is 8.20. The van der Waals surface area contributed by atoms with Crippen LogP contribution in [0.3, 0.4) is 0 Å². The molecule has 2 amide bonds. The first-order valence-electron chi connectivity index (χ1n) is 16.0. The van der Waals surface area contributed by atoms with E-state index in [1.165, 1.54) is 0 Å². The third-order valence-electron chi connectivity index (χ3n) is 9.41. The quantitative estimate of drug-likeness (QED) is 0.242. The number of fused-ring (bicyclic) bond motifs is 1. The molecule has 1 aromatic rings. The summed E-state index contributed by atoms with van der Waals surface area (Å²) in [7, 11) is 6.54. The summed E-state index contributed by atoms with van der Waals surface area (Å²) in [4.78, 5) is 45.6. The summed E-state index contributed by atoms with van der Waals surface area (Å²) in [5, 5.41) is 10.6. The highest BCUT2D eigenvalue weighted by Gasteiger charge is 2.48. The molecule has 10 heteroatoms. The van der Waals surface area contributed by atoms with Crippen LogP contribution in [0.25, 0.3) is 0 Å². The Morgan fingerprint density at radius 1 is 1.09 bits per heavy atom. The number of nitrogens with zero attached hydrogens (tertiary/aromatic N) is 4. The van der Waals surface area contributed by atoms with E-state index in [2.05, 4.69) is 33.0 Å². The Kier molecular flexibility index (Phi) is 10.6. The summed E-state index contributed by atoms with van der Waals surface area (Å²) in [6.45, 7) is 10.5. The van der Waals surface area contributed by atoms with Crippen molar-refractivity contribution in [3.05, 3.63) is 23.8 Å². The number of aliphatic carboxylic acids is 1. The van der Waals surface area contributed by atoms with Gasteiger partial charge < -0.3 is 28.9 Å². The first-order valence-corrected chi connectivity index (χ1v) is 16.0. The van der Waals surface area contributed by atoms with E-state index in [-0.39, 0.29) is 37.1 Å². The smallest absolute Gasteiger partial charge is 0.308 e. The predicted molar refractivity (Wildman–Crippen MR) is 165 cm³/mol. The van der Waals surface area contributed by atoms with Crippen molar-refractivity contribution in [2.75, 3.05) is 73.7 Å². The number of likely N-dealkylation sites (tertiary alicyclic amines) is 2. The van der Waals surface area contributed by atoms with Gasteiger partial charge in [0, 0.05) is 50.1 Å². The van der Waals surface area contributed by atoms with Crippen LogP contribution in [-0.2, 0) is 14.4 Å². The molecule has 1 aromatic carbocycles. The molecule has 3 unspecified atom stereocenters. The highest BCUT2D eigenvalue weighted by atomic mass is 16.7. The van der Waals surface area contributed by atoms with Gasteiger partial charge in [-0.1, -0.05) is 33.3 Å². The number of benzene rings is 1. The van der Waals surface area contributed by atoms with Gasteiger partial charge in [0.1, 0.15) is 0 Å². The Hall–Kier alpha value is -2.85. The Bertz CT molecular complexity index is 1150. The van der Waals surface area contributed by atoms with E-state index >= 15 is 0 Å². The van der Waals surface area contributed by atoms with Gasteiger partial charge in [-0.15, -0.1) is 0 Å². The maximum atomic E-state index is 13.8. The number of quaternary nitrogens is 1. The monoisotopic (exact) mass is 601 g/mol. The highest BCUT2D eigenvalue weighted by Crippen LogP contribution is 2.43. The molecule has 3 aliphatic heterocycles. The van der Waals surface area contributed by atoms with Crippen LogP contribution in [0.1, 0.15) is 70.8 Å². The largest absolute Gasteiger partial charge is 0.481 e. The number of amides is 2. The number of unbranched alkanes of at least 4 members (excludes halogenated alkanes) is 2. The topological polar surface area (TPSA) is 99.6 Å². The molecular weight excluding hydrogens is 548 g/mol. The van der Waals surface area contributed by atoms with Crippen molar-refractivity contribution in [3.8, 4) is 11.5 Å². The van der Waals surface area contributed by atoms with Gasteiger partial charge in [0.25, 0.3) is 0 Å². The highest BCUT2D eigenvalue weighted by molar-refractivity contribution is 5.84. The number of carboxylic acids is 1. The zero-order valence-corrected chi connectivity index (χ0v) is 27.1. The second-order valence-electron chi connectivity index (χ2n) is 14.3. The van der Waals surface area contributed by atoms with Crippen molar-refractivity contribution < 1.29 is 33.4 Å². The normalized spacial score (nSPS) is 23.3. The fourth-order valence-corrected chi connectivity index (χ4v) is 6.76. The maximum Gasteiger partial charge on any atom is 0.308 e. The minimum absolute atomic E-state index is 0.0533. The van der Waals surface area contributed by atoms with E-state index in [9.17, 15) is 19.5 Å². The Morgan fingerprint density at radius 3 is 2.47 bits per heavy atom. The number of ether oxygens (including phenoxy) is 2. The molecule has 43 heavy (non-hydrogen) atoms. The third-order valence-corrected chi connectivity index (χ3v) is 9.41. The van der Waals surface area contributed by atoms with E-state index in [0.29, 0.717) is 50.6 Å². The zero-order valence-electron chi connectivity index (χ0n) is 27.1. The molecule has 2 saturated heterocycles. The van der Waals surface area contributed by atoms with Crippen LogP contribution in [0.15, 0.2) is 18.2 Å². The van der Waals surface area contributed by atoms with Gasteiger partial charge in [0.2, 0.25) is 18.6 Å². The number of carbonyl (C=O) groups is 3. The number of hydrogen-bond acceptors (Lipinski definition) is 6. The lowest BCUT2D eigenvalue weighted by Gasteiger charge is -2.31. The molecule has 4 rings (SSSR count). The molecular formula is C33H53N4O6+. The summed E-state index contributed by atoms with van der Waals surface area (Å²) in [6.07, 6.45) is 5.22. The zero-order chi connectivity index (χ0) is 31.4. The fraction of sp³-hybridized carbons (Fsp3) is 0.727. The number of carbonyl (C=O) groups excluding carboxylic acids is 2. The summed E-state index contributed by atoms with van der Waals surface area (Å²) in [5.74, 6) is -0.457. The second kappa shape index (κ2) is 13.8. The number of rotatable bonds is 15. The SMILES string of the molecule is CCCCN(CCCC[N+](C)(C)C)C(=O)CN1CC(c2ccc3c(c2)OCO3)C(C(=O)O)C1CCN1CCC(C)(C)C1=O. The van der Waals surface area contributed by atoms with E-state index < -0.39 is 17.3 Å². The van der Waals surface area contributed by atoms with Gasteiger partial charge in [-0.2, -0.15) is 0 Å². The Morgan fingerprint density at radius 2 is 1.81 bits per heavy atom. The van der Waals surface area contributed by atoms with Gasteiger partial charge >= 0.3 is 5.97 Å². The molecule has 10 nitrogen and oxygen atoms in total. The Labute approximate surface area is 257 Å². The molecule has 1 N–H and O–H groups in total. The van der Waals surface area contributed by atoms with Crippen molar-refractivity contribution in [2.24, 2.45) is 11.3 Å². The van der Waals surface area contributed by atoms with Gasteiger partial charge in [-0.25, -0.2) is 0 Å². The van der Waals surface area contributed by atoms with E-state index in [1.54, 1.807) is 0 Å². The summed E-state index contributed by atoms with van der Waals surface area (Å²) < 4.78 is 12.0. The lowest BCUT2D eigenvalue weighted by molar-refractivity contribution is -0.870. The molecule has 240 valence electrons. The van der Waals surface area contributed by atoms with E-state index in [4.69, 9.17) is 9.47 Å². The molecule has 3 heterocycles. The van der Waals surface area contributed by atoms with Crippen molar-refractivity contribution in [1.82, 2.24) is 14.7 Å². The lowest BCUT2D eigenvalue weighted by Crippen LogP contribution is -2.46. The predicted octanol–water partition coefficient (Wildman–Crippen LogP) is 3.65. The van der Waals surface area contributed by atoms with E-state index in [1.807, 2.05) is 41.8 Å². The molecule has 3 atom stereocenters. The molecule has 3 aliphatic rings. The van der Waals surface area contributed by atoms with Gasteiger partial charge in [-0.3, -0.25) is 19.3 Å². The first kappa shape index (κ1) is 33.1. The Balaban J connectivity index is 1.54. The lowest BCUT2D eigenvalue weighted by atomic mass is 9.84. The van der Waals surface area contributed by atoms with Crippen molar-refractivity contribution >= 4 is 17.8 Å². The molecule has 0 bridgehead atoms. The van der Waals surface area contributed by atoms with Gasteiger partial charge in [0.05, 0.1) is 40.2 Å². The first-order chi connectivity index (χ1) is 20.3. The average Bonchev–Trinajstić information content (AvgIpc) is 3.62. The summed E-state index contributed by atoms with van der Waals surface area (Å²) >= 11 is 0. The number of hydrogen-bond donors (Lipinski definition) is 1. The van der Waals surface area contributed by atoms with Gasteiger partial charge in [0.15, 0.2) is 11.5 Å². The maximum absolute atomic E-state index is 13.8. The van der Waals surface area contributed by atoms with Crippen molar-refractivity contribution in [2.45, 2.75) is 71.3 Å². The molecule has 0 aliphatic carbocycles. The molecule has 0 aromatic heterocycles.